The van der Waals surface area contributed by atoms with E-state index in [1.807, 2.05) is 12.1 Å². The Morgan fingerprint density at radius 3 is 2.17 bits per heavy atom. The summed E-state index contributed by atoms with van der Waals surface area (Å²) < 4.78 is 21.5. The molecule has 40 heavy (non-hydrogen) atoms. The van der Waals surface area contributed by atoms with E-state index in [4.69, 9.17) is 19.2 Å². The average Bonchev–Trinajstić information content (AvgIpc) is 3.37. The predicted octanol–water partition coefficient (Wildman–Crippen LogP) is 7.14. The van der Waals surface area contributed by atoms with Crippen molar-refractivity contribution in [3.63, 3.8) is 0 Å². The first-order chi connectivity index (χ1) is 19.3. The van der Waals surface area contributed by atoms with Crippen LogP contribution in [0.4, 0.5) is 5.69 Å². The fraction of sp³-hybridized carbons (Fsp3) is 0.235. The van der Waals surface area contributed by atoms with Gasteiger partial charge in [0.2, 0.25) is 11.4 Å². The van der Waals surface area contributed by atoms with Crippen molar-refractivity contribution in [2.75, 3.05) is 28.4 Å². The maximum Gasteiger partial charge on any atom is 0.209 e. The highest BCUT2D eigenvalue weighted by Crippen LogP contribution is 2.44. The number of nitrogens with zero attached hydrogens (tertiary/aromatic N) is 3. The molecule has 6 rings (SSSR count). The molecule has 0 N–H and O–H groups in total. The fourth-order valence-electron chi connectivity index (χ4n) is 6.19. The molecule has 0 spiro atoms. The number of ether oxygens (including phenoxy) is 3. The molecule has 202 valence electrons. The molecule has 0 saturated carbocycles. The highest BCUT2D eigenvalue weighted by Gasteiger charge is 2.42. The Morgan fingerprint density at radius 2 is 1.50 bits per heavy atom. The lowest BCUT2D eigenvalue weighted by molar-refractivity contribution is -0.401. The number of rotatable bonds is 6. The van der Waals surface area contributed by atoms with Gasteiger partial charge >= 0.3 is 0 Å². The zero-order valence-corrected chi connectivity index (χ0v) is 24.1. The second-order valence-electron chi connectivity index (χ2n) is 10.7. The third kappa shape index (κ3) is 3.78. The Morgan fingerprint density at radius 1 is 0.825 bits per heavy atom. The Bertz CT molecular complexity index is 1830. The Kier molecular flexibility index (Phi) is 6.14. The van der Waals surface area contributed by atoms with Crippen LogP contribution in [0, 0.1) is 0 Å². The molecule has 3 aromatic carbocycles. The van der Waals surface area contributed by atoms with Gasteiger partial charge in [0.05, 0.1) is 43.6 Å². The summed E-state index contributed by atoms with van der Waals surface area (Å²) in [6.45, 7) is 4.55. The lowest BCUT2D eigenvalue weighted by atomic mass is 9.81. The lowest BCUT2D eigenvalue weighted by Gasteiger charge is -2.16. The van der Waals surface area contributed by atoms with Gasteiger partial charge in [-0.25, -0.2) is 4.98 Å². The zero-order valence-electron chi connectivity index (χ0n) is 24.1. The highest BCUT2D eigenvalue weighted by atomic mass is 16.5. The first-order valence-corrected chi connectivity index (χ1v) is 13.4. The minimum absolute atomic E-state index is 0.120. The standard InChI is InChI=1S/C34H34N3O3/c1-34(2)25-13-9-11-15-27(25)36(3)30(34)17-16-22-20-24-23-12-8-10-14-26(23)37(4)32(24)31(35-22)21-18-28(38-5)33(40-7)29(19-21)39-6/h8-20H,1-7H3/q+1. The number of aryl methyl sites for hydroxylation is 1. The van der Waals surface area contributed by atoms with Gasteiger partial charge in [-0.2, -0.15) is 4.58 Å². The number of para-hydroxylation sites is 2. The molecular weight excluding hydrogens is 498 g/mol. The number of methoxy groups -OCH3 is 3. The number of hydrogen-bond donors (Lipinski definition) is 0. The molecule has 0 radical (unpaired) electrons. The first kappa shape index (κ1) is 25.7. The van der Waals surface area contributed by atoms with E-state index in [0.29, 0.717) is 17.2 Å². The number of allylic oxidation sites excluding steroid dienone is 1. The fourth-order valence-corrected chi connectivity index (χ4v) is 6.19. The summed E-state index contributed by atoms with van der Waals surface area (Å²) in [6.07, 6.45) is 4.33. The largest absolute Gasteiger partial charge is 0.493 e. The summed E-state index contributed by atoms with van der Waals surface area (Å²) in [6, 6.07) is 23.2. The van der Waals surface area contributed by atoms with Gasteiger partial charge in [-0.1, -0.05) is 36.4 Å². The van der Waals surface area contributed by atoms with Gasteiger partial charge in [0.1, 0.15) is 7.05 Å². The predicted molar refractivity (Wildman–Crippen MR) is 163 cm³/mol. The number of aromatic nitrogens is 2. The van der Waals surface area contributed by atoms with Crippen LogP contribution in [-0.2, 0) is 12.5 Å². The molecule has 6 nitrogen and oxygen atoms in total. The maximum atomic E-state index is 5.69. The minimum atomic E-state index is -0.120. The third-order valence-corrected chi connectivity index (χ3v) is 8.19. The smallest absolute Gasteiger partial charge is 0.209 e. The summed E-state index contributed by atoms with van der Waals surface area (Å²) >= 11 is 0. The van der Waals surface area contributed by atoms with Crippen LogP contribution in [0.3, 0.4) is 0 Å². The molecule has 0 unspecified atom stereocenters. The molecule has 0 saturated heterocycles. The van der Waals surface area contributed by atoms with Gasteiger partial charge in [0.25, 0.3) is 0 Å². The van der Waals surface area contributed by atoms with Crippen molar-refractivity contribution in [3.05, 3.63) is 84.1 Å². The van der Waals surface area contributed by atoms with Crippen molar-refractivity contribution >= 4 is 39.3 Å². The monoisotopic (exact) mass is 532 g/mol. The number of hydrogen-bond acceptors (Lipinski definition) is 4. The van der Waals surface area contributed by atoms with Crippen LogP contribution in [0.1, 0.15) is 25.1 Å². The summed E-state index contributed by atoms with van der Waals surface area (Å²) in [5.41, 5.74) is 8.48. The van der Waals surface area contributed by atoms with E-state index in [0.717, 1.165) is 33.4 Å². The van der Waals surface area contributed by atoms with Gasteiger partial charge < -0.3 is 18.8 Å². The Labute approximate surface area is 234 Å². The summed E-state index contributed by atoms with van der Waals surface area (Å²) in [4.78, 5) is 5.23. The lowest BCUT2D eigenvalue weighted by Crippen LogP contribution is -2.26. The quantitative estimate of drug-likeness (QED) is 0.218. The molecule has 0 fully saturated rings. The SMILES string of the molecule is COc1cc(-c2nc(/C=C\C3=[N+](C)c4ccccc4C3(C)C)cc3c4ccccc4n(C)c23)cc(OC)c1OC. The third-order valence-electron chi connectivity index (χ3n) is 8.19. The number of fused-ring (bicyclic) bond motifs is 4. The Hall–Kier alpha value is -4.58. The molecule has 3 heterocycles. The van der Waals surface area contributed by atoms with Crippen LogP contribution in [0.25, 0.3) is 39.1 Å². The number of pyridine rings is 1. The molecule has 1 aliphatic heterocycles. The van der Waals surface area contributed by atoms with Crippen molar-refractivity contribution < 1.29 is 18.8 Å². The van der Waals surface area contributed by atoms with Crippen molar-refractivity contribution in [2.24, 2.45) is 7.05 Å². The zero-order chi connectivity index (χ0) is 28.2. The van der Waals surface area contributed by atoms with Crippen molar-refractivity contribution in [3.8, 4) is 28.5 Å². The maximum absolute atomic E-state index is 5.69. The van der Waals surface area contributed by atoms with Crippen molar-refractivity contribution in [1.29, 1.82) is 0 Å². The van der Waals surface area contributed by atoms with Crippen LogP contribution in [0.2, 0.25) is 0 Å². The van der Waals surface area contributed by atoms with E-state index in [2.05, 4.69) is 104 Å². The number of benzene rings is 3. The van der Waals surface area contributed by atoms with Crippen LogP contribution < -0.4 is 14.2 Å². The van der Waals surface area contributed by atoms with Crippen molar-refractivity contribution in [2.45, 2.75) is 19.3 Å². The molecule has 0 amide bonds. The van der Waals surface area contributed by atoms with E-state index in [9.17, 15) is 0 Å². The van der Waals surface area contributed by atoms with Crippen LogP contribution >= 0.6 is 0 Å². The average molecular weight is 533 g/mol. The van der Waals surface area contributed by atoms with E-state index in [1.54, 1.807) is 21.3 Å². The second-order valence-corrected chi connectivity index (χ2v) is 10.7. The van der Waals surface area contributed by atoms with Gasteiger partial charge in [-0.05, 0) is 44.2 Å². The van der Waals surface area contributed by atoms with E-state index in [-0.39, 0.29) is 5.41 Å². The molecule has 0 aliphatic carbocycles. The topological polar surface area (TPSA) is 48.5 Å². The van der Waals surface area contributed by atoms with E-state index < -0.39 is 0 Å². The molecule has 0 bridgehead atoms. The van der Waals surface area contributed by atoms with E-state index >= 15 is 0 Å². The minimum Gasteiger partial charge on any atom is -0.493 e. The molecule has 5 aromatic rings. The molecular formula is C34H34N3O3+. The van der Waals surface area contributed by atoms with Gasteiger partial charge in [-0.15, -0.1) is 0 Å². The molecule has 1 aliphatic rings. The normalized spacial score (nSPS) is 14.4. The van der Waals surface area contributed by atoms with Gasteiger partial charge in [-0.3, -0.25) is 0 Å². The Balaban J connectivity index is 1.59. The van der Waals surface area contributed by atoms with Crippen molar-refractivity contribution in [1.82, 2.24) is 9.55 Å². The summed E-state index contributed by atoms with van der Waals surface area (Å²) in [5, 5.41) is 2.33. The second kappa shape index (κ2) is 9.56. The van der Waals surface area contributed by atoms with Crippen LogP contribution in [-0.4, -0.2) is 48.2 Å². The van der Waals surface area contributed by atoms with E-state index in [1.165, 1.54) is 22.3 Å². The van der Waals surface area contributed by atoms with Gasteiger partial charge in [0, 0.05) is 46.6 Å². The highest BCUT2D eigenvalue weighted by molar-refractivity contribution is 6.13. The summed E-state index contributed by atoms with van der Waals surface area (Å²) in [7, 11) is 9.11. The summed E-state index contributed by atoms with van der Waals surface area (Å²) in [5.74, 6) is 1.74. The van der Waals surface area contributed by atoms with Crippen LogP contribution in [0.5, 0.6) is 17.2 Å². The van der Waals surface area contributed by atoms with Gasteiger partial charge in [0.15, 0.2) is 17.2 Å². The molecule has 0 atom stereocenters. The molecule has 2 aromatic heterocycles. The molecule has 6 heteroatoms. The van der Waals surface area contributed by atoms with Crippen LogP contribution in [0.15, 0.2) is 72.8 Å². The first-order valence-electron chi connectivity index (χ1n) is 13.4.